The molecule has 176 valence electrons. The normalized spacial score (nSPS) is 11.8. The average Bonchev–Trinajstić information content (AvgIpc) is 2.79. The lowest BCUT2D eigenvalue weighted by atomic mass is 10.1. The van der Waals surface area contributed by atoms with E-state index in [4.69, 9.17) is 14.2 Å². The van der Waals surface area contributed by atoms with Crippen LogP contribution in [0.3, 0.4) is 0 Å². The molecule has 0 saturated heterocycles. The van der Waals surface area contributed by atoms with E-state index in [2.05, 4.69) is 0 Å². The molecule has 0 bridgehead atoms. The van der Waals surface area contributed by atoms with Crippen LogP contribution in [0.25, 0.3) is 0 Å². The predicted molar refractivity (Wildman–Crippen MR) is 118 cm³/mol. The van der Waals surface area contributed by atoms with Gasteiger partial charge in [0.25, 0.3) is 0 Å². The van der Waals surface area contributed by atoms with Gasteiger partial charge < -0.3 is 14.2 Å². The van der Waals surface area contributed by atoms with Crippen molar-refractivity contribution in [2.45, 2.75) is 45.3 Å². The highest BCUT2D eigenvalue weighted by Gasteiger charge is 2.36. The summed E-state index contributed by atoms with van der Waals surface area (Å²) in [7, 11) is 0. The SMILES string of the molecule is CCCOc1ccc(C(F)(F)Oc2ccc(C(F)(F)Oc3ccc(CCC)cc3)cc2)cc1. The zero-order valence-corrected chi connectivity index (χ0v) is 18.5. The van der Waals surface area contributed by atoms with Gasteiger partial charge in [0.1, 0.15) is 17.2 Å². The summed E-state index contributed by atoms with van der Waals surface area (Å²) in [6, 6.07) is 15.8. The Morgan fingerprint density at radius 3 is 1.42 bits per heavy atom. The van der Waals surface area contributed by atoms with Crippen LogP contribution in [0.5, 0.6) is 17.2 Å². The minimum Gasteiger partial charge on any atom is -0.494 e. The molecule has 0 aromatic heterocycles. The number of hydrogen-bond donors (Lipinski definition) is 0. The molecule has 0 fully saturated rings. The Morgan fingerprint density at radius 1 is 0.576 bits per heavy atom. The van der Waals surface area contributed by atoms with Gasteiger partial charge >= 0.3 is 12.2 Å². The molecule has 3 aromatic carbocycles. The van der Waals surface area contributed by atoms with Crippen molar-refractivity contribution in [1.29, 1.82) is 0 Å². The Morgan fingerprint density at radius 2 is 1.00 bits per heavy atom. The fraction of sp³-hybridized carbons (Fsp3) is 0.308. The molecule has 33 heavy (non-hydrogen) atoms. The van der Waals surface area contributed by atoms with Crippen LogP contribution in [0.2, 0.25) is 0 Å². The number of ether oxygens (including phenoxy) is 3. The number of rotatable bonds is 11. The molecule has 0 aliphatic heterocycles. The second-order valence-corrected chi connectivity index (χ2v) is 7.53. The maximum atomic E-state index is 14.5. The van der Waals surface area contributed by atoms with E-state index in [-0.39, 0.29) is 17.1 Å². The van der Waals surface area contributed by atoms with Crippen molar-refractivity contribution in [3.63, 3.8) is 0 Å². The maximum absolute atomic E-state index is 14.5. The van der Waals surface area contributed by atoms with E-state index in [1.165, 1.54) is 36.4 Å². The van der Waals surface area contributed by atoms with Gasteiger partial charge in [0, 0.05) is 0 Å². The smallest absolute Gasteiger partial charge is 0.426 e. The van der Waals surface area contributed by atoms with E-state index < -0.39 is 17.8 Å². The molecule has 7 heteroatoms. The fourth-order valence-corrected chi connectivity index (χ4v) is 3.11. The van der Waals surface area contributed by atoms with E-state index >= 15 is 0 Å². The van der Waals surface area contributed by atoms with E-state index in [0.717, 1.165) is 49.1 Å². The van der Waals surface area contributed by atoms with Crippen LogP contribution in [0.4, 0.5) is 17.6 Å². The van der Waals surface area contributed by atoms with Gasteiger partial charge in [0.2, 0.25) is 0 Å². The maximum Gasteiger partial charge on any atom is 0.426 e. The van der Waals surface area contributed by atoms with Crippen LogP contribution < -0.4 is 14.2 Å². The van der Waals surface area contributed by atoms with Gasteiger partial charge in [0.15, 0.2) is 0 Å². The summed E-state index contributed by atoms with van der Waals surface area (Å²) in [5.74, 6) is 0.232. The number of hydrogen-bond acceptors (Lipinski definition) is 3. The van der Waals surface area contributed by atoms with Crippen LogP contribution >= 0.6 is 0 Å². The van der Waals surface area contributed by atoms with Crippen LogP contribution in [0, 0.1) is 0 Å². The molecule has 0 aliphatic carbocycles. The van der Waals surface area contributed by atoms with E-state index in [0.29, 0.717) is 12.4 Å². The summed E-state index contributed by atoms with van der Waals surface area (Å²) in [5, 5.41) is 0. The Hall–Kier alpha value is -3.22. The van der Waals surface area contributed by atoms with E-state index in [1.807, 2.05) is 13.8 Å². The summed E-state index contributed by atoms with van der Waals surface area (Å²) < 4.78 is 73.0. The van der Waals surface area contributed by atoms with Crippen LogP contribution in [-0.4, -0.2) is 6.61 Å². The Kier molecular flexibility index (Phi) is 7.84. The number of alkyl halides is 4. The first-order chi connectivity index (χ1) is 15.7. The van der Waals surface area contributed by atoms with Gasteiger partial charge in [-0.2, -0.15) is 17.6 Å². The predicted octanol–water partition coefficient (Wildman–Crippen LogP) is 7.68. The molecule has 3 nitrogen and oxygen atoms in total. The molecular formula is C26H26F4O3. The van der Waals surface area contributed by atoms with Gasteiger partial charge in [0.05, 0.1) is 17.7 Å². The third kappa shape index (κ3) is 6.63. The molecule has 3 rings (SSSR count). The second-order valence-electron chi connectivity index (χ2n) is 7.53. The molecule has 0 unspecified atom stereocenters. The number of halogens is 4. The molecule has 0 aliphatic rings. The summed E-state index contributed by atoms with van der Waals surface area (Å²) >= 11 is 0. The van der Waals surface area contributed by atoms with Crippen molar-refractivity contribution in [2.75, 3.05) is 6.61 Å². The van der Waals surface area contributed by atoms with Gasteiger partial charge in [-0.15, -0.1) is 0 Å². The molecule has 0 radical (unpaired) electrons. The standard InChI is InChI=1S/C26H26F4O3/c1-3-5-19-6-12-23(13-7-19)32-26(29,30)21-10-16-24(17-11-21)33-25(27,28)20-8-14-22(15-9-20)31-18-4-2/h6-17H,3-5,18H2,1-2H3. The molecule has 0 atom stereocenters. The minimum absolute atomic E-state index is 0.0121. The third-order valence-electron chi connectivity index (χ3n) is 4.81. The number of benzene rings is 3. The zero-order valence-electron chi connectivity index (χ0n) is 18.5. The van der Waals surface area contributed by atoms with Crippen molar-refractivity contribution < 1.29 is 31.8 Å². The first-order valence-electron chi connectivity index (χ1n) is 10.8. The highest BCUT2D eigenvalue weighted by Crippen LogP contribution is 2.35. The monoisotopic (exact) mass is 462 g/mol. The molecule has 3 aromatic rings. The third-order valence-corrected chi connectivity index (χ3v) is 4.81. The second kappa shape index (κ2) is 10.6. The molecule has 0 N–H and O–H groups in total. The lowest BCUT2D eigenvalue weighted by molar-refractivity contribution is -0.187. The first-order valence-corrected chi connectivity index (χ1v) is 10.8. The first kappa shape index (κ1) is 24.4. The fourth-order valence-electron chi connectivity index (χ4n) is 3.11. The largest absolute Gasteiger partial charge is 0.494 e. The number of aryl methyl sites for hydroxylation is 1. The molecule has 0 spiro atoms. The van der Waals surface area contributed by atoms with Gasteiger partial charge in [-0.25, -0.2) is 0 Å². The van der Waals surface area contributed by atoms with Gasteiger partial charge in [-0.05, 0) is 79.1 Å². The highest BCUT2D eigenvalue weighted by molar-refractivity contribution is 5.33. The van der Waals surface area contributed by atoms with E-state index in [1.54, 1.807) is 12.1 Å². The van der Waals surface area contributed by atoms with Crippen molar-refractivity contribution in [3.05, 3.63) is 89.5 Å². The van der Waals surface area contributed by atoms with E-state index in [9.17, 15) is 17.6 Å². The zero-order chi connectivity index (χ0) is 23.9. The summed E-state index contributed by atoms with van der Waals surface area (Å²) in [4.78, 5) is 0. The van der Waals surface area contributed by atoms with Gasteiger partial charge in [-0.1, -0.05) is 32.4 Å². The van der Waals surface area contributed by atoms with Crippen LogP contribution in [-0.2, 0) is 18.6 Å². The highest BCUT2D eigenvalue weighted by atomic mass is 19.3. The molecule has 0 saturated carbocycles. The lowest BCUT2D eigenvalue weighted by Gasteiger charge is -2.21. The van der Waals surface area contributed by atoms with Crippen LogP contribution in [0.1, 0.15) is 43.4 Å². The molecule has 0 heterocycles. The Bertz CT molecular complexity index is 1000. The minimum atomic E-state index is -3.65. The van der Waals surface area contributed by atoms with Crippen molar-refractivity contribution in [1.82, 2.24) is 0 Å². The molecule has 0 amide bonds. The topological polar surface area (TPSA) is 27.7 Å². The quantitative estimate of drug-likeness (QED) is 0.274. The Labute approximate surface area is 190 Å². The lowest BCUT2D eigenvalue weighted by Crippen LogP contribution is -2.23. The van der Waals surface area contributed by atoms with Gasteiger partial charge in [-0.3, -0.25) is 0 Å². The Balaban J connectivity index is 1.65. The van der Waals surface area contributed by atoms with Crippen molar-refractivity contribution >= 4 is 0 Å². The van der Waals surface area contributed by atoms with Crippen molar-refractivity contribution in [3.8, 4) is 17.2 Å². The summed E-state index contributed by atoms with van der Waals surface area (Å²) in [5.41, 5.74) is 0.169. The average molecular weight is 462 g/mol. The summed E-state index contributed by atoms with van der Waals surface area (Å²) in [6.07, 6.45) is -4.69. The summed E-state index contributed by atoms with van der Waals surface area (Å²) in [6.45, 7) is 4.45. The van der Waals surface area contributed by atoms with Crippen molar-refractivity contribution in [2.24, 2.45) is 0 Å². The molecular weight excluding hydrogens is 436 g/mol. The van der Waals surface area contributed by atoms with Crippen LogP contribution in [0.15, 0.2) is 72.8 Å².